The molecule has 1 N–H and O–H groups in total. The molecule has 2 aromatic heterocycles. The molecule has 3 rings (SSSR count). The third-order valence-corrected chi connectivity index (χ3v) is 3.12. The van der Waals surface area contributed by atoms with Crippen LogP contribution in [0.25, 0.3) is 22.4 Å². The zero-order valence-corrected chi connectivity index (χ0v) is 10.8. The fourth-order valence-electron chi connectivity index (χ4n) is 2.05. The van der Waals surface area contributed by atoms with Gasteiger partial charge in [-0.25, -0.2) is 4.98 Å². The van der Waals surface area contributed by atoms with Gasteiger partial charge in [-0.1, -0.05) is 13.0 Å². The minimum absolute atomic E-state index is 0.768. The van der Waals surface area contributed by atoms with Crippen molar-refractivity contribution in [2.75, 3.05) is 7.11 Å². The highest BCUT2D eigenvalue weighted by atomic mass is 16.5. The van der Waals surface area contributed by atoms with Crippen LogP contribution in [-0.2, 0) is 6.42 Å². The summed E-state index contributed by atoms with van der Waals surface area (Å²) in [5.74, 6) is 1.59. The van der Waals surface area contributed by atoms with Crippen LogP contribution in [0.3, 0.4) is 0 Å². The van der Waals surface area contributed by atoms with Gasteiger partial charge < -0.3 is 9.72 Å². The molecule has 0 aliphatic carbocycles. The molecule has 0 aliphatic rings. The zero-order valence-electron chi connectivity index (χ0n) is 10.8. The average Bonchev–Trinajstić information content (AvgIpc) is 2.90. The minimum atomic E-state index is 0.768. The van der Waals surface area contributed by atoms with Gasteiger partial charge in [-0.3, -0.25) is 0 Å². The van der Waals surface area contributed by atoms with Crippen LogP contribution in [-0.4, -0.2) is 27.3 Å². The van der Waals surface area contributed by atoms with E-state index in [1.807, 2.05) is 12.1 Å². The fraction of sp³-hybridized carbons (Fsp3) is 0.214. The maximum atomic E-state index is 5.45. The Morgan fingerprint density at radius 1 is 1.21 bits per heavy atom. The highest BCUT2D eigenvalue weighted by molar-refractivity contribution is 5.79. The van der Waals surface area contributed by atoms with Crippen LogP contribution < -0.4 is 4.74 Å². The Hall–Kier alpha value is -2.43. The molecule has 0 fully saturated rings. The van der Waals surface area contributed by atoms with Crippen molar-refractivity contribution in [2.45, 2.75) is 13.3 Å². The van der Waals surface area contributed by atoms with E-state index in [-0.39, 0.29) is 0 Å². The summed E-state index contributed by atoms with van der Waals surface area (Å²) in [4.78, 5) is 7.74. The molecule has 0 radical (unpaired) electrons. The van der Waals surface area contributed by atoms with Crippen molar-refractivity contribution in [2.24, 2.45) is 0 Å². The van der Waals surface area contributed by atoms with Gasteiger partial charge in [0.05, 0.1) is 30.6 Å². The molecule has 2 heterocycles. The van der Waals surface area contributed by atoms with E-state index in [9.17, 15) is 0 Å². The van der Waals surface area contributed by atoms with E-state index in [2.05, 4.69) is 33.2 Å². The van der Waals surface area contributed by atoms with Crippen LogP contribution in [0.5, 0.6) is 5.75 Å². The summed E-state index contributed by atoms with van der Waals surface area (Å²) < 4.78 is 5.45. The lowest BCUT2D eigenvalue weighted by atomic mass is 10.1. The molecule has 5 nitrogen and oxygen atoms in total. The number of aromatic amines is 1. The first-order valence-corrected chi connectivity index (χ1v) is 6.15. The van der Waals surface area contributed by atoms with Crippen LogP contribution in [0.4, 0.5) is 0 Å². The van der Waals surface area contributed by atoms with E-state index < -0.39 is 0 Å². The number of aromatic nitrogens is 4. The van der Waals surface area contributed by atoms with Gasteiger partial charge in [0.25, 0.3) is 0 Å². The first-order valence-electron chi connectivity index (χ1n) is 6.15. The van der Waals surface area contributed by atoms with E-state index in [4.69, 9.17) is 4.74 Å². The standard InChI is InChI=1S/C14H14N4O/c1-3-9-4-5-10(13(6-9)19-2)14-17-11-7-15-16-8-12(11)18-14/h4-8H,3H2,1-2H3,(H,17,18). The number of fused-ring (bicyclic) bond motifs is 1. The third-order valence-electron chi connectivity index (χ3n) is 3.12. The molecule has 96 valence electrons. The number of aryl methyl sites for hydroxylation is 1. The van der Waals surface area contributed by atoms with Gasteiger partial charge in [0.1, 0.15) is 17.1 Å². The van der Waals surface area contributed by atoms with Crippen LogP contribution in [0.1, 0.15) is 12.5 Å². The number of nitrogens with one attached hydrogen (secondary N) is 1. The molecule has 0 bridgehead atoms. The Balaban J connectivity index is 2.15. The fourth-order valence-corrected chi connectivity index (χ4v) is 2.05. The molecule has 19 heavy (non-hydrogen) atoms. The van der Waals surface area contributed by atoms with Gasteiger partial charge in [0.2, 0.25) is 0 Å². The number of H-pyrrole nitrogens is 1. The van der Waals surface area contributed by atoms with E-state index in [1.165, 1.54) is 5.56 Å². The van der Waals surface area contributed by atoms with Crippen molar-refractivity contribution in [3.63, 3.8) is 0 Å². The lowest BCUT2D eigenvalue weighted by Gasteiger charge is -2.07. The van der Waals surface area contributed by atoms with Gasteiger partial charge in [-0.2, -0.15) is 10.2 Å². The normalized spacial score (nSPS) is 10.8. The van der Waals surface area contributed by atoms with E-state index >= 15 is 0 Å². The van der Waals surface area contributed by atoms with Crippen molar-refractivity contribution in [3.8, 4) is 17.1 Å². The lowest BCUT2D eigenvalue weighted by molar-refractivity contribution is 0.415. The van der Waals surface area contributed by atoms with Crippen molar-refractivity contribution in [3.05, 3.63) is 36.2 Å². The van der Waals surface area contributed by atoms with Gasteiger partial charge in [0, 0.05) is 0 Å². The monoisotopic (exact) mass is 254 g/mol. The summed E-state index contributed by atoms with van der Waals surface area (Å²) in [5, 5.41) is 7.66. The maximum absolute atomic E-state index is 5.45. The minimum Gasteiger partial charge on any atom is -0.496 e. The Morgan fingerprint density at radius 2 is 2.05 bits per heavy atom. The second-order valence-electron chi connectivity index (χ2n) is 4.26. The van der Waals surface area contributed by atoms with Gasteiger partial charge in [-0.15, -0.1) is 0 Å². The molecular formula is C14H14N4O. The van der Waals surface area contributed by atoms with E-state index in [1.54, 1.807) is 19.5 Å². The second kappa shape index (κ2) is 4.68. The molecule has 0 saturated heterocycles. The predicted octanol–water partition coefficient (Wildman–Crippen LogP) is 2.59. The Labute approximate surface area is 110 Å². The molecule has 1 aromatic carbocycles. The van der Waals surface area contributed by atoms with Gasteiger partial charge in [0.15, 0.2) is 0 Å². The number of rotatable bonds is 3. The highest BCUT2D eigenvalue weighted by Gasteiger charge is 2.11. The first kappa shape index (κ1) is 11.6. The van der Waals surface area contributed by atoms with Crippen LogP contribution >= 0.6 is 0 Å². The molecule has 5 heteroatoms. The predicted molar refractivity (Wildman–Crippen MR) is 73.0 cm³/mol. The number of hydrogen-bond donors (Lipinski definition) is 1. The van der Waals surface area contributed by atoms with Crippen molar-refractivity contribution < 1.29 is 4.74 Å². The molecule has 0 unspecified atom stereocenters. The van der Waals surface area contributed by atoms with E-state index in [0.717, 1.165) is 34.6 Å². The quantitative estimate of drug-likeness (QED) is 0.780. The van der Waals surface area contributed by atoms with Crippen LogP contribution in [0.2, 0.25) is 0 Å². The highest BCUT2D eigenvalue weighted by Crippen LogP contribution is 2.30. The van der Waals surface area contributed by atoms with Crippen molar-refractivity contribution in [1.82, 2.24) is 20.2 Å². The Kier molecular flexibility index (Phi) is 2.87. The largest absolute Gasteiger partial charge is 0.496 e. The summed E-state index contributed by atoms with van der Waals surface area (Å²) in [6, 6.07) is 6.15. The average molecular weight is 254 g/mol. The Bertz CT molecular complexity index is 687. The summed E-state index contributed by atoms with van der Waals surface area (Å²) in [6.45, 7) is 2.12. The molecule has 0 saturated carbocycles. The smallest absolute Gasteiger partial charge is 0.142 e. The van der Waals surface area contributed by atoms with Crippen molar-refractivity contribution >= 4 is 11.0 Å². The summed E-state index contributed by atoms with van der Waals surface area (Å²) in [6.07, 6.45) is 4.28. The Morgan fingerprint density at radius 3 is 2.79 bits per heavy atom. The summed E-state index contributed by atoms with van der Waals surface area (Å²) in [5.41, 5.74) is 3.84. The molecule has 0 aliphatic heterocycles. The zero-order chi connectivity index (χ0) is 13.2. The van der Waals surface area contributed by atoms with E-state index in [0.29, 0.717) is 0 Å². The number of nitrogens with zero attached hydrogens (tertiary/aromatic N) is 3. The molecular weight excluding hydrogens is 240 g/mol. The number of hydrogen-bond acceptors (Lipinski definition) is 4. The molecule has 0 spiro atoms. The number of ether oxygens (including phenoxy) is 1. The summed E-state index contributed by atoms with van der Waals surface area (Å²) in [7, 11) is 1.67. The first-order chi connectivity index (χ1) is 9.31. The second-order valence-corrected chi connectivity index (χ2v) is 4.26. The SMILES string of the molecule is CCc1ccc(-c2nc3cnncc3[nH]2)c(OC)c1. The topological polar surface area (TPSA) is 63.7 Å². The summed E-state index contributed by atoms with van der Waals surface area (Å²) >= 11 is 0. The molecule has 0 atom stereocenters. The number of imidazole rings is 1. The van der Waals surface area contributed by atoms with Crippen LogP contribution in [0, 0.1) is 0 Å². The number of methoxy groups -OCH3 is 1. The maximum Gasteiger partial charge on any atom is 0.142 e. The van der Waals surface area contributed by atoms with Gasteiger partial charge in [-0.05, 0) is 24.1 Å². The van der Waals surface area contributed by atoms with Crippen LogP contribution in [0.15, 0.2) is 30.6 Å². The van der Waals surface area contributed by atoms with Gasteiger partial charge >= 0.3 is 0 Å². The number of benzene rings is 1. The van der Waals surface area contributed by atoms with Crippen molar-refractivity contribution in [1.29, 1.82) is 0 Å². The molecule has 3 aromatic rings. The third kappa shape index (κ3) is 2.03. The lowest BCUT2D eigenvalue weighted by Crippen LogP contribution is -1.91. The molecule has 0 amide bonds.